The van der Waals surface area contributed by atoms with Gasteiger partial charge in [0.05, 0.1) is 23.0 Å². The molecule has 2 aliphatic carbocycles. The summed E-state index contributed by atoms with van der Waals surface area (Å²) in [6, 6.07) is 0. The van der Waals surface area contributed by atoms with E-state index in [1.807, 2.05) is 0 Å². The second-order valence-corrected chi connectivity index (χ2v) is 10.8. The minimum absolute atomic E-state index is 0.0657. The fourth-order valence-corrected chi connectivity index (χ4v) is 7.73. The fraction of sp³-hybridized carbons (Fsp3) is 0.476. The van der Waals surface area contributed by atoms with Gasteiger partial charge < -0.3 is 10.1 Å². The van der Waals surface area contributed by atoms with Crippen molar-refractivity contribution >= 4 is 67.9 Å². The molecule has 0 spiro atoms. The van der Waals surface area contributed by atoms with E-state index < -0.39 is 0 Å². The molecule has 0 aromatic carbocycles. The number of hydrogen-bond acceptors (Lipinski definition) is 8. The average Bonchev–Trinajstić information content (AvgIpc) is 3.46. The molecule has 5 rings (SSSR count). The van der Waals surface area contributed by atoms with E-state index in [0.29, 0.717) is 15.7 Å². The second kappa shape index (κ2) is 8.55. The van der Waals surface area contributed by atoms with Gasteiger partial charge in [0.1, 0.15) is 10.9 Å². The molecule has 2 aliphatic heterocycles. The first-order valence-corrected chi connectivity index (χ1v) is 13.0. The number of carbonyl (C=O) groups is 3. The highest BCUT2D eigenvalue weighted by molar-refractivity contribution is 8.18. The maximum atomic E-state index is 12.6. The molecule has 31 heavy (non-hydrogen) atoms. The number of amidine groups is 1. The highest BCUT2D eigenvalue weighted by Gasteiger charge is 2.41. The number of hydrogen-bond donors (Lipinski definition) is 1. The number of aliphatic imine (C=N–C) groups is 2. The van der Waals surface area contributed by atoms with Crippen LogP contribution in [0.4, 0.5) is 5.00 Å². The van der Waals surface area contributed by atoms with E-state index in [2.05, 4.69) is 15.3 Å². The van der Waals surface area contributed by atoms with Gasteiger partial charge >= 0.3 is 5.97 Å². The van der Waals surface area contributed by atoms with E-state index in [9.17, 15) is 14.4 Å². The molecule has 1 aromatic rings. The summed E-state index contributed by atoms with van der Waals surface area (Å²) in [5, 5.41) is 4.55. The molecule has 4 aliphatic rings. The number of fused-ring (bicyclic) bond motifs is 3. The van der Waals surface area contributed by atoms with Crippen molar-refractivity contribution in [2.75, 3.05) is 17.7 Å². The van der Waals surface area contributed by atoms with E-state index in [4.69, 9.17) is 4.74 Å². The Hall–Kier alpha value is -1.91. The van der Waals surface area contributed by atoms with Gasteiger partial charge in [0, 0.05) is 4.88 Å². The molecule has 10 heteroatoms. The molecule has 1 aromatic heterocycles. The lowest BCUT2D eigenvalue weighted by Crippen LogP contribution is -2.25. The van der Waals surface area contributed by atoms with Gasteiger partial charge in [-0.05, 0) is 61.5 Å². The minimum Gasteiger partial charge on any atom is -0.462 e. The van der Waals surface area contributed by atoms with Crippen LogP contribution in [0.2, 0.25) is 0 Å². The summed E-state index contributed by atoms with van der Waals surface area (Å²) >= 11 is 4.20. The lowest BCUT2D eigenvalue weighted by molar-refractivity contribution is -0.119. The summed E-state index contributed by atoms with van der Waals surface area (Å²) in [7, 11) is 0. The van der Waals surface area contributed by atoms with Gasteiger partial charge in [0.15, 0.2) is 5.17 Å². The molecule has 162 valence electrons. The van der Waals surface area contributed by atoms with Crippen molar-refractivity contribution in [2.45, 2.75) is 45.4 Å². The first-order valence-electron chi connectivity index (χ1n) is 10.4. The van der Waals surface area contributed by atoms with Crippen molar-refractivity contribution < 1.29 is 19.1 Å². The Morgan fingerprint density at radius 2 is 2.03 bits per heavy atom. The summed E-state index contributed by atoms with van der Waals surface area (Å²) in [4.78, 5) is 48.7. The highest BCUT2D eigenvalue weighted by atomic mass is 32.2. The van der Waals surface area contributed by atoms with Crippen LogP contribution in [0.3, 0.4) is 0 Å². The van der Waals surface area contributed by atoms with Gasteiger partial charge in [0.25, 0.3) is 5.91 Å². The summed E-state index contributed by atoms with van der Waals surface area (Å²) in [5.74, 6) is -1.04. The molecular formula is C21H21N3O4S3. The number of esters is 1. The number of anilines is 1. The molecule has 0 radical (unpaired) electrons. The smallest absolute Gasteiger partial charge is 0.341 e. The molecule has 0 saturated heterocycles. The van der Waals surface area contributed by atoms with Crippen molar-refractivity contribution in [1.29, 1.82) is 0 Å². The number of allylic oxidation sites excluding steroid dienone is 1. The fourth-order valence-electron chi connectivity index (χ4n) is 4.38. The summed E-state index contributed by atoms with van der Waals surface area (Å²) in [6.45, 7) is 2.06. The van der Waals surface area contributed by atoms with E-state index in [1.165, 1.54) is 21.8 Å². The highest BCUT2D eigenvalue weighted by Crippen LogP contribution is 2.49. The Morgan fingerprint density at radius 1 is 1.19 bits per heavy atom. The van der Waals surface area contributed by atoms with Crippen LogP contribution < -0.4 is 5.32 Å². The molecule has 7 nitrogen and oxygen atoms in total. The van der Waals surface area contributed by atoms with E-state index >= 15 is 0 Å². The van der Waals surface area contributed by atoms with Crippen molar-refractivity contribution in [3.05, 3.63) is 26.5 Å². The number of amides is 2. The standard InChI is InChI=1S/C21H21N3O4S3/c1-2-28-20(27)16-11-6-4-8-13(11)31-19(16)22-14(25)9-29-21-23-17(26)15-10-5-3-7-12(10)30-18(15)24-21/h15H,2-9H2,1H3,(H,22,25). The molecule has 0 bridgehead atoms. The van der Waals surface area contributed by atoms with Crippen LogP contribution in [-0.4, -0.2) is 40.4 Å². The van der Waals surface area contributed by atoms with Crippen LogP contribution in [0, 0.1) is 5.92 Å². The zero-order valence-electron chi connectivity index (χ0n) is 17.0. The zero-order valence-corrected chi connectivity index (χ0v) is 19.4. The Morgan fingerprint density at radius 3 is 2.87 bits per heavy atom. The molecule has 3 heterocycles. The Bertz CT molecular complexity index is 1090. The number of rotatable bonds is 5. The third-order valence-corrected chi connectivity index (χ3v) is 8.98. The average molecular weight is 476 g/mol. The summed E-state index contributed by atoms with van der Waals surface area (Å²) in [6.07, 6.45) is 5.83. The second-order valence-electron chi connectivity index (χ2n) is 7.64. The van der Waals surface area contributed by atoms with Crippen LogP contribution in [-0.2, 0) is 27.2 Å². The van der Waals surface area contributed by atoms with Gasteiger partial charge in [-0.2, -0.15) is 4.99 Å². The number of thiophene rings is 1. The zero-order chi connectivity index (χ0) is 21.5. The number of nitrogens with one attached hydrogen (secondary N) is 1. The number of aryl methyl sites for hydroxylation is 1. The number of carbonyl (C=O) groups excluding carboxylic acids is 3. The van der Waals surface area contributed by atoms with Crippen molar-refractivity contribution in [2.24, 2.45) is 15.9 Å². The first-order chi connectivity index (χ1) is 15.0. The third kappa shape index (κ3) is 3.89. The maximum absolute atomic E-state index is 12.6. The van der Waals surface area contributed by atoms with Crippen LogP contribution in [0.15, 0.2) is 20.5 Å². The largest absolute Gasteiger partial charge is 0.462 e. The lowest BCUT2D eigenvalue weighted by atomic mass is 9.98. The normalized spacial score (nSPS) is 21.5. The molecule has 0 saturated carbocycles. The number of ether oxygens (including phenoxy) is 1. The van der Waals surface area contributed by atoms with Gasteiger partial charge in [-0.3, -0.25) is 9.59 Å². The van der Waals surface area contributed by atoms with Crippen LogP contribution in [0.1, 0.15) is 53.4 Å². The van der Waals surface area contributed by atoms with Crippen molar-refractivity contribution in [1.82, 2.24) is 0 Å². The third-order valence-electron chi connectivity index (χ3n) is 5.68. The van der Waals surface area contributed by atoms with E-state index in [1.54, 1.807) is 18.7 Å². The SMILES string of the molecule is CCOC(=O)c1c(NC(=O)CSC2=NC(=O)C3C(=N2)SC2=C3CCC2)sc2c1CCC2. The van der Waals surface area contributed by atoms with Gasteiger partial charge in [0.2, 0.25) is 5.91 Å². The molecule has 1 atom stereocenters. The minimum atomic E-state index is -0.386. The van der Waals surface area contributed by atoms with Gasteiger partial charge in [-0.1, -0.05) is 23.5 Å². The lowest BCUT2D eigenvalue weighted by Gasteiger charge is -2.15. The van der Waals surface area contributed by atoms with Gasteiger partial charge in [-0.25, -0.2) is 9.79 Å². The van der Waals surface area contributed by atoms with Gasteiger partial charge in [-0.15, -0.1) is 11.3 Å². The van der Waals surface area contributed by atoms with E-state index in [-0.39, 0.29) is 36.1 Å². The van der Waals surface area contributed by atoms with Crippen molar-refractivity contribution in [3.8, 4) is 0 Å². The summed E-state index contributed by atoms with van der Waals surface area (Å²) in [5.41, 5.74) is 2.69. The monoisotopic (exact) mass is 475 g/mol. The Labute approximate surface area is 192 Å². The molecular weight excluding hydrogens is 454 g/mol. The van der Waals surface area contributed by atoms with E-state index in [0.717, 1.165) is 65.8 Å². The first kappa shape index (κ1) is 21.0. The Kier molecular flexibility index (Phi) is 5.78. The van der Waals surface area contributed by atoms with Crippen LogP contribution in [0.25, 0.3) is 0 Å². The molecule has 1 N–H and O–H groups in total. The predicted octanol–water partition coefficient (Wildman–Crippen LogP) is 4.18. The van der Waals surface area contributed by atoms with Crippen LogP contribution in [0.5, 0.6) is 0 Å². The maximum Gasteiger partial charge on any atom is 0.341 e. The Balaban J connectivity index is 1.24. The predicted molar refractivity (Wildman–Crippen MR) is 125 cm³/mol. The summed E-state index contributed by atoms with van der Waals surface area (Å²) < 4.78 is 5.20. The quantitative estimate of drug-likeness (QED) is 0.642. The van der Waals surface area contributed by atoms with Crippen molar-refractivity contribution in [3.63, 3.8) is 0 Å². The molecule has 2 amide bonds. The topological polar surface area (TPSA) is 97.2 Å². The number of thioether (sulfide) groups is 2. The molecule has 1 unspecified atom stereocenters. The number of nitrogens with zero attached hydrogens (tertiary/aromatic N) is 2. The van der Waals surface area contributed by atoms with Crippen LogP contribution >= 0.6 is 34.9 Å². The molecule has 0 fully saturated rings.